The Bertz CT molecular complexity index is 431. The van der Waals surface area contributed by atoms with E-state index in [2.05, 4.69) is 0 Å². The molecule has 0 radical (unpaired) electrons. The molecule has 1 nitrogen and oxygen atoms in total. The van der Waals surface area contributed by atoms with Crippen LogP contribution >= 0.6 is 0 Å². The third-order valence-corrected chi connectivity index (χ3v) is 3.00. The minimum atomic E-state index is -0.573. The van der Waals surface area contributed by atoms with Crippen LogP contribution in [0.1, 0.15) is 39.2 Å². The first-order chi connectivity index (χ1) is 8.35. The Morgan fingerprint density at radius 1 is 1.22 bits per heavy atom. The summed E-state index contributed by atoms with van der Waals surface area (Å²) in [6, 6.07) is 2.23. The van der Waals surface area contributed by atoms with Gasteiger partial charge in [-0.15, -0.1) is 0 Å². The van der Waals surface area contributed by atoms with Crippen LogP contribution < -0.4 is 4.74 Å². The van der Waals surface area contributed by atoms with Gasteiger partial charge in [-0.25, -0.2) is 8.78 Å². The summed E-state index contributed by atoms with van der Waals surface area (Å²) in [7, 11) is 0. The molecule has 2 rings (SSSR count). The van der Waals surface area contributed by atoms with Crippen LogP contribution in [-0.2, 0) is 6.42 Å². The quantitative estimate of drug-likeness (QED) is 0.776. The molecule has 0 atom stereocenters. The Morgan fingerprint density at radius 2 is 1.89 bits per heavy atom. The molecule has 0 aromatic heterocycles. The summed E-state index contributed by atoms with van der Waals surface area (Å²) in [5.74, 6) is -0.139. The van der Waals surface area contributed by atoms with Crippen LogP contribution in [0.4, 0.5) is 8.78 Å². The lowest BCUT2D eigenvalue weighted by atomic mass is 9.87. The van der Waals surface area contributed by atoms with Gasteiger partial charge in [-0.3, -0.25) is 0 Å². The van der Waals surface area contributed by atoms with Crippen molar-refractivity contribution >= 4 is 0 Å². The molecule has 0 heterocycles. The predicted molar refractivity (Wildman–Crippen MR) is 67.7 cm³/mol. The van der Waals surface area contributed by atoms with Gasteiger partial charge in [0.1, 0.15) is 17.4 Å². The molecule has 18 heavy (non-hydrogen) atoms. The van der Waals surface area contributed by atoms with Crippen LogP contribution in [0.15, 0.2) is 12.1 Å². The summed E-state index contributed by atoms with van der Waals surface area (Å²) in [5.41, 5.74) is 0.431. The molecule has 0 N–H and O–H groups in total. The minimum absolute atomic E-state index is 0.0592. The zero-order chi connectivity index (χ0) is 13.3. The van der Waals surface area contributed by atoms with Gasteiger partial charge in [-0.2, -0.15) is 0 Å². The molecule has 1 saturated carbocycles. The normalized spacial score (nSPS) is 15.8. The van der Waals surface area contributed by atoms with Crippen LogP contribution in [-0.4, -0.2) is 6.61 Å². The lowest BCUT2D eigenvalue weighted by molar-refractivity contribution is 0.287. The highest BCUT2D eigenvalue weighted by Gasteiger charge is 2.24. The van der Waals surface area contributed by atoms with Gasteiger partial charge in [0.15, 0.2) is 0 Å². The van der Waals surface area contributed by atoms with E-state index in [4.69, 9.17) is 4.74 Å². The van der Waals surface area contributed by atoms with E-state index < -0.39 is 11.6 Å². The molecule has 1 aromatic rings. The van der Waals surface area contributed by atoms with Crippen molar-refractivity contribution in [1.82, 2.24) is 0 Å². The van der Waals surface area contributed by atoms with E-state index in [9.17, 15) is 8.78 Å². The number of hydrogen-bond acceptors (Lipinski definition) is 1. The zero-order valence-electron chi connectivity index (χ0n) is 11.2. The maximum absolute atomic E-state index is 13.9. The largest absolute Gasteiger partial charge is 0.493 e. The summed E-state index contributed by atoms with van der Waals surface area (Å²) in [5, 5.41) is 0. The predicted octanol–water partition coefficient (Wildman–Crippen LogP) is 4.34. The Hall–Kier alpha value is -1.12. The molecule has 0 saturated heterocycles. The van der Waals surface area contributed by atoms with Crippen LogP contribution in [0.25, 0.3) is 0 Å². The molecule has 100 valence electrons. The van der Waals surface area contributed by atoms with Gasteiger partial charge in [0.2, 0.25) is 0 Å². The van der Waals surface area contributed by atoms with E-state index in [-0.39, 0.29) is 5.41 Å². The second-order valence-electron chi connectivity index (χ2n) is 6.36. The summed E-state index contributed by atoms with van der Waals surface area (Å²) in [6.07, 6.45) is 2.86. The Morgan fingerprint density at radius 3 is 2.44 bits per heavy atom. The highest BCUT2D eigenvalue weighted by Crippen LogP contribution is 2.33. The van der Waals surface area contributed by atoms with E-state index in [0.29, 0.717) is 30.3 Å². The Balaban J connectivity index is 2.22. The van der Waals surface area contributed by atoms with E-state index in [1.165, 1.54) is 6.07 Å². The maximum atomic E-state index is 13.9. The molecular formula is C15H20F2O. The van der Waals surface area contributed by atoms with Crippen molar-refractivity contribution in [3.05, 3.63) is 29.3 Å². The molecule has 1 fully saturated rings. The molecule has 0 aliphatic heterocycles. The van der Waals surface area contributed by atoms with Crippen LogP contribution in [0.3, 0.4) is 0 Å². The Kier molecular flexibility index (Phi) is 3.60. The lowest BCUT2D eigenvalue weighted by Crippen LogP contribution is -2.13. The van der Waals surface area contributed by atoms with Crippen LogP contribution in [0.5, 0.6) is 5.75 Å². The second kappa shape index (κ2) is 4.87. The minimum Gasteiger partial charge on any atom is -0.493 e. The topological polar surface area (TPSA) is 9.23 Å². The van der Waals surface area contributed by atoms with Crippen LogP contribution in [0.2, 0.25) is 0 Å². The fraction of sp³-hybridized carbons (Fsp3) is 0.600. The summed E-state index contributed by atoms with van der Waals surface area (Å²) in [4.78, 5) is 0. The average Bonchev–Trinajstić information content (AvgIpc) is 3.01. The molecule has 0 amide bonds. The van der Waals surface area contributed by atoms with Crippen molar-refractivity contribution in [3.63, 3.8) is 0 Å². The van der Waals surface area contributed by atoms with E-state index in [1.807, 2.05) is 20.8 Å². The SMILES string of the molecule is CC(C)(C)Cc1c(F)cc(F)cc1OCC1CC1. The van der Waals surface area contributed by atoms with E-state index in [0.717, 1.165) is 18.9 Å². The first-order valence-corrected chi connectivity index (χ1v) is 6.46. The van der Waals surface area contributed by atoms with Crippen LogP contribution in [0, 0.1) is 23.0 Å². The Labute approximate surface area is 107 Å². The van der Waals surface area contributed by atoms with Gasteiger partial charge >= 0.3 is 0 Å². The standard InChI is InChI=1S/C15H20F2O/c1-15(2,3)8-12-13(17)6-11(16)7-14(12)18-9-10-4-5-10/h6-7,10H,4-5,8-9H2,1-3H3. The number of halogens is 2. The summed E-state index contributed by atoms with van der Waals surface area (Å²) >= 11 is 0. The van der Waals surface area contributed by atoms with Gasteiger partial charge in [0, 0.05) is 17.7 Å². The second-order valence-corrected chi connectivity index (χ2v) is 6.36. The number of hydrogen-bond donors (Lipinski definition) is 0. The van der Waals surface area contributed by atoms with E-state index in [1.54, 1.807) is 0 Å². The third kappa shape index (κ3) is 3.69. The fourth-order valence-corrected chi connectivity index (χ4v) is 1.90. The summed E-state index contributed by atoms with van der Waals surface area (Å²) < 4.78 is 32.7. The summed E-state index contributed by atoms with van der Waals surface area (Å²) in [6.45, 7) is 6.65. The van der Waals surface area contributed by atoms with Crippen molar-refractivity contribution in [3.8, 4) is 5.75 Å². The number of rotatable bonds is 4. The molecule has 0 unspecified atom stereocenters. The fourth-order valence-electron chi connectivity index (χ4n) is 1.90. The van der Waals surface area contributed by atoms with Crippen molar-refractivity contribution in [2.75, 3.05) is 6.61 Å². The van der Waals surface area contributed by atoms with Gasteiger partial charge in [-0.1, -0.05) is 20.8 Å². The first-order valence-electron chi connectivity index (χ1n) is 6.46. The van der Waals surface area contributed by atoms with E-state index >= 15 is 0 Å². The van der Waals surface area contributed by atoms with Gasteiger partial charge in [0.25, 0.3) is 0 Å². The lowest BCUT2D eigenvalue weighted by Gasteiger charge is -2.21. The monoisotopic (exact) mass is 254 g/mol. The van der Waals surface area contributed by atoms with Gasteiger partial charge < -0.3 is 4.74 Å². The van der Waals surface area contributed by atoms with Crippen molar-refractivity contribution in [2.45, 2.75) is 40.0 Å². The van der Waals surface area contributed by atoms with Crippen molar-refractivity contribution in [2.24, 2.45) is 11.3 Å². The molecule has 0 bridgehead atoms. The molecule has 3 heteroatoms. The number of benzene rings is 1. The highest BCUT2D eigenvalue weighted by molar-refractivity contribution is 5.36. The third-order valence-electron chi connectivity index (χ3n) is 3.00. The molecule has 1 aromatic carbocycles. The molecule has 1 aliphatic carbocycles. The average molecular weight is 254 g/mol. The molecule has 1 aliphatic rings. The van der Waals surface area contributed by atoms with Gasteiger partial charge in [0.05, 0.1) is 6.61 Å². The highest BCUT2D eigenvalue weighted by atomic mass is 19.1. The van der Waals surface area contributed by atoms with Crippen molar-refractivity contribution in [1.29, 1.82) is 0 Å². The molecule has 0 spiro atoms. The zero-order valence-corrected chi connectivity index (χ0v) is 11.2. The molecular weight excluding hydrogens is 234 g/mol. The first kappa shape index (κ1) is 13.3. The van der Waals surface area contributed by atoms with Crippen molar-refractivity contribution < 1.29 is 13.5 Å². The van der Waals surface area contributed by atoms with Gasteiger partial charge in [-0.05, 0) is 30.6 Å². The smallest absolute Gasteiger partial charge is 0.133 e. The number of ether oxygens (including phenoxy) is 1. The maximum Gasteiger partial charge on any atom is 0.133 e.